The highest BCUT2D eigenvalue weighted by Gasteiger charge is 2.23. The zero-order valence-corrected chi connectivity index (χ0v) is 12.6. The minimum atomic E-state index is -3.61. The van der Waals surface area contributed by atoms with Crippen molar-refractivity contribution in [1.29, 1.82) is 0 Å². The normalized spacial score (nSPS) is 11.8. The quantitative estimate of drug-likeness (QED) is 0.882. The van der Waals surface area contributed by atoms with Crippen LogP contribution in [0.15, 0.2) is 34.0 Å². The predicted octanol–water partition coefficient (Wildman–Crippen LogP) is 0.741. The van der Waals surface area contributed by atoms with Gasteiger partial charge in [-0.1, -0.05) is 6.07 Å². The van der Waals surface area contributed by atoms with Gasteiger partial charge in [0.05, 0.1) is 6.54 Å². The molecular weight excluding hydrogens is 300 g/mol. The van der Waals surface area contributed by atoms with Gasteiger partial charge in [0.15, 0.2) is 5.82 Å². The van der Waals surface area contributed by atoms with E-state index in [0.29, 0.717) is 5.82 Å². The summed E-state index contributed by atoms with van der Waals surface area (Å²) in [6, 6.07) is 4.79. The molecule has 0 aliphatic carbocycles. The molecule has 1 N–H and O–H groups in total. The number of sulfonamides is 1. The number of nitrogens with one attached hydrogen (secondary N) is 1. The summed E-state index contributed by atoms with van der Waals surface area (Å²) in [7, 11) is -0.519. The van der Waals surface area contributed by atoms with Crippen molar-refractivity contribution < 1.29 is 13.2 Å². The molecule has 9 heteroatoms. The Morgan fingerprint density at radius 2 is 2.25 bits per heavy atom. The number of rotatable bonds is 5. The molecule has 0 saturated heterocycles. The van der Waals surface area contributed by atoms with Gasteiger partial charge in [0.2, 0.25) is 5.91 Å². The maximum atomic E-state index is 12.1. The second-order valence-electron chi connectivity index (χ2n) is 4.12. The van der Waals surface area contributed by atoms with E-state index in [1.54, 1.807) is 35.4 Å². The van der Waals surface area contributed by atoms with Crippen molar-refractivity contribution in [1.82, 2.24) is 14.1 Å². The first-order valence-corrected chi connectivity index (χ1v) is 8.01. The van der Waals surface area contributed by atoms with Crippen molar-refractivity contribution in [2.75, 3.05) is 18.9 Å². The number of aryl methyl sites for hydroxylation is 1. The van der Waals surface area contributed by atoms with Crippen molar-refractivity contribution in [2.45, 2.75) is 4.21 Å². The van der Waals surface area contributed by atoms with Gasteiger partial charge in [0.1, 0.15) is 4.21 Å². The van der Waals surface area contributed by atoms with Crippen LogP contribution in [0, 0.1) is 0 Å². The predicted molar refractivity (Wildman–Crippen MR) is 76.0 cm³/mol. The molecule has 0 aliphatic rings. The third-order valence-electron chi connectivity index (χ3n) is 2.51. The molecule has 108 valence electrons. The van der Waals surface area contributed by atoms with Crippen LogP contribution in [0.4, 0.5) is 5.82 Å². The van der Waals surface area contributed by atoms with Crippen LogP contribution in [0.2, 0.25) is 0 Å². The molecule has 7 nitrogen and oxygen atoms in total. The Balaban J connectivity index is 2.01. The van der Waals surface area contributed by atoms with Gasteiger partial charge in [-0.3, -0.25) is 9.48 Å². The molecule has 2 aromatic heterocycles. The summed E-state index contributed by atoms with van der Waals surface area (Å²) >= 11 is 1.12. The van der Waals surface area contributed by atoms with E-state index in [2.05, 4.69) is 10.4 Å². The Bertz CT molecular complexity index is 691. The third-order valence-corrected chi connectivity index (χ3v) is 5.68. The lowest BCUT2D eigenvalue weighted by atomic mass is 10.5. The number of anilines is 1. The molecule has 2 aromatic rings. The molecule has 0 unspecified atom stereocenters. The van der Waals surface area contributed by atoms with Crippen LogP contribution in [0.5, 0.6) is 0 Å². The molecule has 20 heavy (non-hydrogen) atoms. The molecule has 2 heterocycles. The zero-order valence-electron chi connectivity index (χ0n) is 11.0. The van der Waals surface area contributed by atoms with Crippen molar-refractivity contribution >= 4 is 33.1 Å². The SMILES string of the molecule is CN(CC(=O)Nc1ccn(C)n1)S(=O)(=O)c1cccs1. The van der Waals surface area contributed by atoms with E-state index in [1.807, 2.05) is 0 Å². The number of likely N-dealkylation sites (N-methyl/N-ethyl adjacent to an activating group) is 1. The van der Waals surface area contributed by atoms with Gasteiger partial charge >= 0.3 is 0 Å². The lowest BCUT2D eigenvalue weighted by Crippen LogP contribution is -2.34. The highest BCUT2D eigenvalue weighted by atomic mass is 32.2. The first kappa shape index (κ1) is 14.7. The van der Waals surface area contributed by atoms with Gasteiger partial charge in [-0.2, -0.15) is 9.40 Å². The van der Waals surface area contributed by atoms with Crippen LogP contribution in [-0.2, 0) is 21.9 Å². The molecular formula is C11H14N4O3S2. The standard InChI is InChI=1S/C11H14N4O3S2/c1-14-6-5-9(13-14)12-10(16)8-15(2)20(17,18)11-4-3-7-19-11/h3-7H,8H2,1-2H3,(H,12,13,16). The van der Waals surface area contributed by atoms with Crippen LogP contribution in [-0.4, -0.2) is 42.0 Å². The molecule has 0 spiro atoms. The topological polar surface area (TPSA) is 84.3 Å². The first-order valence-electron chi connectivity index (χ1n) is 5.69. The van der Waals surface area contributed by atoms with Gasteiger partial charge in [-0.15, -0.1) is 11.3 Å². The molecule has 0 aliphatic heterocycles. The van der Waals surface area contributed by atoms with Crippen molar-refractivity contribution in [3.63, 3.8) is 0 Å². The average molecular weight is 314 g/mol. The fraction of sp³-hybridized carbons (Fsp3) is 0.273. The number of amides is 1. The third kappa shape index (κ3) is 3.24. The highest BCUT2D eigenvalue weighted by molar-refractivity contribution is 7.91. The van der Waals surface area contributed by atoms with Gasteiger partial charge in [-0.05, 0) is 11.4 Å². The minimum absolute atomic E-state index is 0.214. The molecule has 0 bridgehead atoms. The summed E-state index contributed by atoms with van der Waals surface area (Å²) in [5.41, 5.74) is 0. The lowest BCUT2D eigenvalue weighted by Gasteiger charge is -2.15. The lowest BCUT2D eigenvalue weighted by molar-refractivity contribution is -0.116. The van der Waals surface area contributed by atoms with Crippen molar-refractivity contribution in [2.24, 2.45) is 7.05 Å². The van der Waals surface area contributed by atoms with E-state index in [9.17, 15) is 13.2 Å². The molecule has 2 rings (SSSR count). The number of nitrogens with zero attached hydrogens (tertiary/aromatic N) is 3. The number of thiophene rings is 1. The van der Waals surface area contributed by atoms with E-state index < -0.39 is 15.9 Å². The fourth-order valence-electron chi connectivity index (χ4n) is 1.52. The van der Waals surface area contributed by atoms with Gasteiger partial charge in [-0.25, -0.2) is 8.42 Å². The van der Waals surface area contributed by atoms with Crippen LogP contribution in [0.3, 0.4) is 0 Å². The average Bonchev–Trinajstić information content (AvgIpc) is 3.00. The molecule has 0 saturated carbocycles. The molecule has 0 aromatic carbocycles. The Morgan fingerprint density at radius 3 is 2.80 bits per heavy atom. The second-order valence-corrected chi connectivity index (χ2v) is 7.34. The monoisotopic (exact) mass is 314 g/mol. The molecule has 0 radical (unpaired) electrons. The van der Waals surface area contributed by atoms with Crippen LogP contribution >= 0.6 is 11.3 Å². The number of hydrogen-bond donors (Lipinski definition) is 1. The maximum absolute atomic E-state index is 12.1. The van der Waals surface area contributed by atoms with E-state index in [0.717, 1.165) is 15.6 Å². The maximum Gasteiger partial charge on any atom is 0.252 e. The van der Waals surface area contributed by atoms with Crippen LogP contribution in [0.1, 0.15) is 0 Å². The number of aromatic nitrogens is 2. The molecule has 0 fully saturated rings. The second kappa shape index (κ2) is 5.73. The summed E-state index contributed by atoms with van der Waals surface area (Å²) < 4.78 is 27.0. The smallest absolute Gasteiger partial charge is 0.252 e. The largest absolute Gasteiger partial charge is 0.308 e. The Hall–Kier alpha value is -1.71. The number of hydrogen-bond acceptors (Lipinski definition) is 5. The van der Waals surface area contributed by atoms with Gasteiger partial charge in [0, 0.05) is 26.4 Å². The van der Waals surface area contributed by atoms with Crippen molar-refractivity contribution in [3.8, 4) is 0 Å². The number of carbonyl (C=O) groups is 1. The summed E-state index contributed by atoms with van der Waals surface area (Å²) in [4.78, 5) is 11.8. The fourth-order valence-corrected chi connectivity index (χ4v) is 3.84. The molecule has 0 atom stereocenters. The summed E-state index contributed by atoms with van der Waals surface area (Å²) in [6.07, 6.45) is 1.68. The highest BCUT2D eigenvalue weighted by Crippen LogP contribution is 2.19. The zero-order chi connectivity index (χ0) is 14.8. The Labute approximate surface area is 120 Å². The molecule has 1 amide bonds. The summed E-state index contributed by atoms with van der Waals surface area (Å²) in [6.45, 7) is -0.267. The first-order chi connectivity index (χ1) is 9.39. The number of carbonyl (C=O) groups excluding carboxylic acids is 1. The van der Waals surface area contributed by atoms with Crippen LogP contribution < -0.4 is 5.32 Å². The Morgan fingerprint density at radius 1 is 1.50 bits per heavy atom. The minimum Gasteiger partial charge on any atom is -0.308 e. The van der Waals surface area contributed by atoms with E-state index >= 15 is 0 Å². The van der Waals surface area contributed by atoms with Gasteiger partial charge < -0.3 is 5.32 Å². The van der Waals surface area contributed by atoms with E-state index in [4.69, 9.17) is 0 Å². The van der Waals surface area contributed by atoms with Crippen molar-refractivity contribution in [3.05, 3.63) is 29.8 Å². The summed E-state index contributed by atoms with van der Waals surface area (Å²) in [5.74, 6) is -0.0502. The van der Waals surface area contributed by atoms with Gasteiger partial charge in [0.25, 0.3) is 10.0 Å². The van der Waals surface area contributed by atoms with Crippen LogP contribution in [0.25, 0.3) is 0 Å². The van der Waals surface area contributed by atoms with E-state index in [-0.39, 0.29) is 10.8 Å². The van der Waals surface area contributed by atoms with E-state index in [1.165, 1.54) is 13.1 Å². The Kier molecular flexibility index (Phi) is 4.21. The summed E-state index contributed by atoms with van der Waals surface area (Å²) in [5, 5.41) is 8.20.